The Balaban J connectivity index is 2.20. The summed E-state index contributed by atoms with van der Waals surface area (Å²) in [4.78, 5) is 23.6. The molecule has 24 heavy (non-hydrogen) atoms. The molecule has 0 amide bonds. The maximum absolute atomic E-state index is 12.4. The van der Waals surface area contributed by atoms with E-state index in [-0.39, 0.29) is 22.2 Å². The molecule has 1 aliphatic heterocycles. The minimum absolute atomic E-state index is 0.0241. The molecule has 1 N–H and O–H groups in total. The molecule has 5 nitrogen and oxygen atoms in total. The zero-order valence-corrected chi connectivity index (χ0v) is 13.8. The van der Waals surface area contributed by atoms with Crippen molar-refractivity contribution in [2.24, 2.45) is 0 Å². The number of nitrogens with one attached hydrogen (secondary N) is 1. The van der Waals surface area contributed by atoms with Gasteiger partial charge in [-0.25, -0.2) is 9.59 Å². The highest BCUT2D eigenvalue weighted by Crippen LogP contribution is 2.38. The molecule has 0 atom stereocenters. The number of ether oxygens (including phenoxy) is 2. The van der Waals surface area contributed by atoms with Gasteiger partial charge < -0.3 is 14.8 Å². The first-order chi connectivity index (χ1) is 11.0. The molecule has 0 spiro atoms. The number of benzene rings is 1. The fourth-order valence-corrected chi connectivity index (χ4v) is 2.46. The maximum atomic E-state index is 12.4. The molecule has 9 heteroatoms. The number of rotatable bonds is 3. The summed E-state index contributed by atoms with van der Waals surface area (Å²) in [5, 5.41) is 2.65. The van der Waals surface area contributed by atoms with Crippen LogP contribution >= 0.6 is 11.8 Å². The van der Waals surface area contributed by atoms with E-state index in [9.17, 15) is 22.8 Å². The SMILES string of the molecule is Cc1ccc(SC(F)(F)F)cc1NC=C1C(=O)OC(C)(C)OC1=O. The Kier molecular flexibility index (Phi) is 4.84. The quantitative estimate of drug-likeness (QED) is 0.383. The van der Waals surface area contributed by atoms with Crippen molar-refractivity contribution in [3.8, 4) is 0 Å². The Morgan fingerprint density at radius 1 is 1.17 bits per heavy atom. The molecule has 0 saturated carbocycles. The summed E-state index contributed by atoms with van der Waals surface area (Å²) in [6, 6.07) is 4.10. The van der Waals surface area contributed by atoms with E-state index in [0.717, 1.165) is 6.20 Å². The minimum Gasteiger partial charge on any atom is -0.419 e. The molecule has 0 aliphatic carbocycles. The van der Waals surface area contributed by atoms with E-state index in [2.05, 4.69) is 5.32 Å². The van der Waals surface area contributed by atoms with E-state index in [1.165, 1.54) is 32.0 Å². The molecule has 0 aromatic heterocycles. The number of hydrogen-bond acceptors (Lipinski definition) is 6. The number of halogens is 3. The van der Waals surface area contributed by atoms with Crippen LogP contribution in [0.15, 0.2) is 34.9 Å². The zero-order chi connectivity index (χ0) is 18.1. The van der Waals surface area contributed by atoms with Crippen molar-refractivity contribution >= 4 is 29.4 Å². The van der Waals surface area contributed by atoms with E-state index >= 15 is 0 Å². The monoisotopic (exact) mass is 361 g/mol. The summed E-state index contributed by atoms with van der Waals surface area (Å²) in [7, 11) is 0. The lowest BCUT2D eigenvalue weighted by Gasteiger charge is -2.29. The minimum atomic E-state index is -4.41. The molecule has 1 fully saturated rings. The fraction of sp³-hybridized carbons (Fsp3) is 0.333. The van der Waals surface area contributed by atoms with Gasteiger partial charge in [-0.1, -0.05) is 6.07 Å². The van der Waals surface area contributed by atoms with Crippen molar-refractivity contribution in [1.82, 2.24) is 0 Å². The molecule has 1 heterocycles. The second-order valence-electron chi connectivity index (χ2n) is 5.41. The summed E-state index contributed by atoms with van der Waals surface area (Å²) < 4.78 is 47.1. The second kappa shape index (κ2) is 6.39. The molecule has 0 radical (unpaired) electrons. The third-order valence-electron chi connectivity index (χ3n) is 2.93. The van der Waals surface area contributed by atoms with Crippen LogP contribution in [0.3, 0.4) is 0 Å². The molecule has 0 unspecified atom stereocenters. The summed E-state index contributed by atoms with van der Waals surface area (Å²) in [5.41, 5.74) is -3.82. The van der Waals surface area contributed by atoms with Crippen molar-refractivity contribution in [2.45, 2.75) is 37.0 Å². The van der Waals surface area contributed by atoms with Gasteiger partial charge in [-0.15, -0.1) is 0 Å². The number of alkyl halides is 3. The van der Waals surface area contributed by atoms with Gasteiger partial charge in [-0.05, 0) is 36.4 Å². The van der Waals surface area contributed by atoms with Crippen molar-refractivity contribution in [3.05, 3.63) is 35.5 Å². The van der Waals surface area contributed by atoms with Crippen LogP contribution in [0.25, 0.3) is 0 Å². The smallest absolute Gasteiger partial charge is 0.419 e. The third-order valence-corrected chi connectivity index (χ3v) is 3.65. The van der Waals surface area contributed by atoms with Crippen LogP contribution in [0.1, 0.15) is 19.4 Å². The first-order valence-corrected chi connectivity index (χ1v) is 7.58. The van der Waals surface area contributed by atoms with Crippen molar-refractivity contribution in [3.63, 3.8) is 0 Å². The van der Waals surface area contributed by atoms with Crippen molar-refractivity contribution in [1.29, 1.82) is 0 Å². The summed E-state index contributed by atoms with van der Waals surface area (Å²) in [5.74, 6) is -3.10. The van der Waals surface area contributed by atoms with Crippen LogP contribution in [0.4, 0.5) is 18.9 Å². The number of cyclic esters (lactones) is 2. The topological polar surface area (TPSA) is 64.6 Å². The number of thioether (sulfide) groups is 1. The van der Waals surface area contributed by atoms with Crippen LogP contribution in [0, 0.1) is 6.92 Å². The molecule has 1 aromatic rings. The van der Waals surface area contributed by atoms with Crippen molar-refractivity contribution < 1.29 is 32.2 Å². The third kappa shape index (κ3) is 4.67. The largest absolute Gasteiger partial charge is 0.446 e. The van der Waals surface area contributed by atoms with Gasteiger partial charge in [0.2, 0.25) is 0 Å². The fourth-order valence-electron chi connectivity index (χ4n) is 1.88. The van der Waals surface area contributed by atoms with Crippen molar-refractivity contribution in [2.75, 3.05) is 5.32 Å². The van der Waals surface area contributed by atoms with Gasteiger partial charge in [0, 0.05) is 30.6 Å². The Bertz CT molecular complexity index is 691. The number of anilines is 1. The first-order valence-electron chi connectivity index (χ1n) is 6.77. The average molecular weight is 361 g/mol. The Morgan fingerprint density at radius 3 is 2.29 bits per heavy atom. The van der Waals surface area contributed by atoms with E-state index < -0.39 is 23.2 Å². The van der Waals surface area contributed by atoms with Gasteiger partial charge in [0.05, 0.1) is 0 Å². The van der Waals surface area contributed by atoms with Gasteiger partial charge >= 0.3 is 17.4 Å². The summed E-state index contributed by atoms with van der Waals surface area (Å²) in [6.07, 6.45) is 1.06. The van der Waals surface area contributed by atoms with E-state index in [1.54, 1.807) is 6.92 Å². The second-order valence-corrected chi connectivity index (χ2v) is 6.54. The van der Waals surface area contributed by atoms with Crippen LogP contribution < -0.4 is 5.32 Å². The molecule has 1 saturated heterocycles. The Labute approximate surface area is 140 Å². The normalized spacial score (nSPS) is 17.2. The lowest BCUT2D eigenvalue weighted by molar-refractivity contribution is -0.222. The highest BCUT2D eigenvalue weighted by molar-refractivity contribution is 8.00. The molecule has 1 aromatic carbocycles. The van der Waals surface area contributed by atoms with Gasteiger partial charge in [0.25, 0.3) is 5.79 Å². The van der Waals surface area contributed by atoms with Gasteiger partial charge in [-0.2, -0.15) is 13.2 Å². The molecule has 0 bridgehead atoms. The molecule has 130 valence electrons. The molecule has 1 aliphatic rings. The highest BCUT2D eigenvalue weighted by atomic mass is 32.2. The number of carbonyl (C=O) groups is 2. The Morgan fingerprint density at radius 2 is 1.75 bits per heavy atom. The van der Waals surface area contributed by atoms with Crippen LogP contribution in [-0.2, 0) is 19.1 Å². The Hall–Kier alpha value is -2.16. The van der Waals surface area contributed by atoms with Crippen LogP contribution in [0.5, 0.6) is 0 Å². The molecule has 2 rings (SSSR count). The number of carbonyl (C=O) groups excluding carboxylic acids is 2. The predicted octanol–water partition coefficient (Wildman–Crippen LogP) is 3.74. The average Bonchev–Trinajstić information content (AvgIpc) is 2.38. The predicted molar refractivity (Wildman–Crippen MR) is 81.1 cm³/mol. The van der Waals surface area contributed by atoms with E-state index in [4.69, 9.17) is 9.47 Å². The van der Waals surface area contributed by atoms with Gasteiger partial charge in [0.15, 0.2) is 5.57 Å². The number of esters is 2. The summed E-state index contributed by atoms with van der Waals surface area (Å²) in [6.45, 7) is 4.49. The maximum Gasteiger partial charge on any atom is 0.446 e. The van der Waals surface area contributed by atoms with Gasteiger partial charge in [0.1, 0.15) is 0 Å². The standard InChI is InChI=1S/C15H14F3NO4S/c1-8-4-5-9(24-15(16,17)18)6-11(8)19-7-10-12(20)22-14(2,3)23-13(10)21/h4-7,19H,1-3H3. The molecular weight excluding hydrogens is 347 g/mol. The number of aryl methyl sites for hydroxylation is 1. The first kappa shape index (κ1) is 18.2. The lowest BCUT2D eigenvalue weighted by Crippen LogP contribution is -2.42. The van der Waals surface area contributed by atoms with E-state index in [0.29, 0.717) is 11.3 Å². The summed E-state index contributed by atoms with van der Waals surface area (Å²) >= 11 is -0.258. The van der Waals surface area contributed by atoms with Gasteiger partial charge in [-0.3, -0.25) is 0 Å². The van der Waals surface area contributed by atoms with Crippen LogP contribution in [-0.4, -0.2) is 23.2 Å². The van der Waals surface area contributed by atoms with E-state index in [1.807, 2.05) is 0 Å². The van der Waals surface area contributed by atoms with Crippen LogP contribution in [0.2, 0.25) is 0 Å². The zero-order valence-electron chi connectivity index (χ0n) is 13.0. The highest BCUT2D eigenvalue weighted by Gasteiger charge is 2.39. The molecular formula is C15H14F3NO4S. The lowest BCUT2D eigenvalue weighted by atomic mass is 10.2. The number of hydrogen-bond donors (Lipinski definition) is 1.